The van der Waals surface area contributed by atoms with Crippen LogP contribution < -0.4 is 10.6 Å². The van der Waals surface area contributed by atoms with Crippen molar-refractivity contribution in [3.63, 3.8) is 0 Å². The molecule has 1 saturated heterocycles. The van der Waals surface area contributed by atoms with Crippen LogP contribution in [0.25, 0.3) is 0 Å². The van der Waals surface area contributed by atoms with Gasteiger partial charge in [0, 0.05) is 36.3 Å². The van der Waals surface area contributed by atoms with Gasteiger partial charge >= 0.3 is 0 Å². The van der Waals surface area contributed by atoms with Crippen LogP contribution in [0.4, 0.5) is 5.13 Å². The van der Waals surface area contributed by atoms with E-state index in [1.165, 1.54) is 0 Å². The van der Waals surface area contributed by atoms with Gasteiger partial charge in [0.1, 0.15) is 0 Å². The fourth-order valence-electron chi connectivity index (χ4n) is 2.46. The number of nitrogens with zero attached hydrogens (tertiary/aromatic N) is 4. The van der Waals surface area contributed by atoms with Gasteiger partial charge in [-0.1, -0.05) is 11.3 Å². The van der Waals surface area contributed by atoms with E-state index in [-0.39, 0.29) is 11.8 Å². The summed E-state index contributed by atoms with van der Waals surface area (Å²) in [5, 5.41) is 5.26. The molecule has 0 atom stereocenters. The molecule has 1 amide bonds. The molecular weight excluding hydrogens is 354 g/mol. The lowest BCUT2D eigenvalue weighted by Crippen LogP contribution is -2.38. The Balaban J connectivity index is 1.61. The van der Waals surface area contributed by atoms with Crippen molar-refractivity contribution in [3.05, 3.63) is 27.9 Å². The van der Waals surface area contributed by atoms with Crippen LogP contribution in [-0.2, 0) is 11.3 Å². The van der Waals surface area contributed by atoms with Crippen LogP contribution >= 0.6 is 27.3 Å². The van der Waals surface area contributed by atoms with Crippen molar-refractivity contribution >= 4 is 38.3 Å². The molecule has 8 heteroatoms. The lowest BCUT2D eigenvalue weighted by Gasteiger charge is -2.30. The van der Waals surface area contributed by atoms with Gasteiger partial charge in [-0.2, -0.15) is 5.10 Å². The lowest BCUT2D eigenvalue weighted by atomic mass is 9.97. The summed E-state index contributed by atoms with van der Waals surface area (Å²) < 4.78 is 2.85. The van der Waals surface area contributed by atoms with E-state index < -0.39 is 0 Å². The number of rotatable bonds is 4. The number of aromatic nitrogens is 3. The Morgan fingerprint density at radius 2 is 2.19 bits per heavy atom. The van der Waals surface area contributed by atoms with Crippen LogP contribution in [-0.4, -0.2) is 33.8 Å². The van der Waals surface area contributed by atoms with E-state index in [1.54, 1.807) is 17.5 Å². The summed E-state index contributed by atoms with van der Waals surface area (Å²) in [5.41, 5.74) is 5.36. The Hall–Kier alpha value is -1.41. The Morgan fingerprint density at radius 3 is 2.81 bits per heavy atom. The molecule has 1 aliphatic heterocycles. The topological polar surface area (TPSA) is 77.0 Å². The minimum absolute atomic E-state index is 0.0158. The van der Waals surface area contributed by atoms with Crippen LogP contribution in [0, 0.1) is 5.92 Å². The summed E-state index contributed by atoms with van der Waals surface area (Å²) in [4.78, 5) is 19.1. The van der Waals surface area contributed by atoms with E-state index in [2.05, 4.69) is 30.9 Å². The van der Waals surface area contributed by atoms with Crippen molar-refractivity contribution in [1.82, 2.24) is 14.8 Å². The van der Waals surface area contributed by atoms with E-state index in [0.717, 1.165) is 47.0 Å². The second-order valence-electron chi connectivity index (χ2n) is 5.13. The average molecular weight is 370 g/mol. The van der Waals surface area contributed by atoms with Crippen molar-refractivity contribution in [2.75, 3.05) is 18.0 Å². The van der Waals surface area contributed by atoms with E-state index in [0.29, 0.717) is 0 Å². The second kappa shape index (κ2) is 6.15. The van der Waals surface area contributed by atoms with Gasteiger partial charge in [-0.3, -0.25) is 9.48 Å². The third-order valence-electron chi connectivity index (χ3n) is 3.63. The number of halogens is 1. The fraction of sp³-hybridized carbons (Fsp3) is 0.462. The molecule has 1 aliphatic rings. The Bertz CT molecular complexity index is 632. The lowest BCUT2D eigenvalue weighted by molar-refractivity contribution is -0.122. The fourth-order valence-corrected chi connectivity index (χ4v) is 3.74. The average Bonchev–Trinajstić information content (AvgIpc) is 3.09. The summed E-state index contributed by atoms with van der Waals surface area (Å²) in [5.74, 6) is -0.166. The molecule has 112 valence electrons. The molecule has 2 aromatic rings. The third-order valence-corrected chi connectivity index (χ3v) is 5.08. The van der Waals surface area contributed by atoms with E-state index in [1.807, 2.05) is 17.1 Å². The number of nitrogens with two attached hydrogens (primary N) is 1. The zero-order valence-corrected chi connectivity index (χ0v) is 13.8. The molecule has 2 aromatic heterocycles. The first-order chi connectivity index (χ1) is 10.1. The van der Waals surface area contributed by atoms with Crippen molar-refractivity contribution < 1.29 is 4.79 Å². The van der Waals surface area contributed by atoms with Gasteiger partial charge in [0.2, 0.25) is 5.91 Å². The first-order valence-corrected chi connectivity index (χ1v) is 8.39. The quantitative estimate of drug-likeness (QED) is 0.891. The Labute approximate surface area is 135 Å². The van der Waals surface area contributed by atoms with Gasteiger partial charge in [0.15, 0.2) is 5.13 Å². The normalized spacial score (nSPS) is 16.3. The molecule has 0 aliphatic carbocycles. The van der Waals surface area contributed by atoms with Gasteiger partial charge in [0.25, 0.3) is 0 Å². The highest BCUT2D eigenvalue weighted by molar-refractivity contribution is 9.10. The molecule has 2 N–H and O–H groups in total. The number of hydrogen-bond donors (Lipinski definition) is 1. The number of anilines is 1. The van der Waals surface area contributed by atoms with Crippen LogP contribution in [0.2, 0.25) is 0 Å². The van der Waals surface area contributed by atoms with Crippen LogP contribution in [0.5, 0.6) is 0 Å². The standard InChI is InChI=1S/C13H16BrN5OS/c14-10-5-17-19(7-10)8-11-6-16-13(21-11)18-3-1-9(2-4-18)12(15)20/h5-7,9H,1-4,8H2,(H2,15,20). The highest BCUT2D eigenvalue weighted by Crippen LogP contribution is 2.27. The minimum Gasteiger partial charge on any atom is -0.369 e. The van der Waals surface area contributed by atoms with Crippen LogP contribution in [0.1, 0.15) is 17.7 Å². The SMILES string of the molecule is NC(=O)C1CCN(c2ncc(Cn3cc(Br)cn3)s2)CC1. The maximum Gasteiger partial charge on any atom is 0.220 e. The van der Waals surface area contributed by atoms with Crippen LogP contribution in [0.3, 0.4) is 0 Å². The molecule has 0 unspecified atom stereocenters. The van der Waals surface area contributed by atoms with E-state index >= 15 is 0 Å². The number of primary amides is 1. The van der Waals surface area contributed by atoms with Crippen molar-refractivity contribution in [1.29, 1.82) is 0 Å². The summed E-state index contributed by atoms with van der Waals surface area (Å²) in [7, 11) is 0. The summed E-state index contributed by atoms with van der Waals surface area (Å²) in [6.07, 6.45) is 7.25. The molecule has 0 spiro atoms. The molecule has 0 aromatic carbocycles. The number of carbonyl (C=O) groups excluding carboxylic acids is 1. The molecule has 3 rings (SSSR count). The Kier molecular flexibility index (Phi) is 4.25. The predicted molar refractivity (Wildman–Crippen MR) is 85.3 cm³/mol. The predicted octanol–water partition coefficient (Wildman–Crippen LogP) is 1.85. The summed E-state index contributed by atoms with van der Waals surface area (Å²) in [6, 6.07) is 0. The summed E-state index contributed by atoms with van der Waals surface area (Å²) >= 11 is 5.06. The molecule has 0 bridgehead atoms. The minimum atomic E-state index is -0.182. The zero-order valence-electron chi connectivity index (χ0n) is 11.4. The first kappa shape index (κ1) is 14.5. The monoisotopic (exact) mass is 369 g/mol. The number of hydrogen-bond acceptors (Lipinski definition) is 5. The zero-order chi connectivity index (χ0) is 14.8. The molecule has 0 saturated carbocycles. The van der Waals surface area contributed by atoms with Gasteiger partial charge < -0.3 is 10.6 Å². The molecule has 21 heavy (non-hydrogen) atoms. The van der Waals surface area contributed by atoms with Crippen LogP contribution in [0.15, 0.2) is 23.1 Å². The third kappa shape index (κ3) is 3.44. The maximum atomic E-state index is 11.2. The number of piperidine rings is 1. The van der Waals surface area contributed by atoms with Gasteiger partial charge in [-0.25, -0.2) is 4.98 Å². The highest BCUT2D eigenvalue weighted by Gasteiger charge is 2.24. The number of carbonyl (C=O) groups is 1. The van der Waals surface area contributed by atoms with Gasteiger partial charge in [-0.15, -0.1) is 0 Å². The van der Waals surface area contributed by atoms with E-state index in [9.17, 15) is 4.79 Å². The molecule has 6 nitrogen and oxygen atoms in total. The molecular formula is C13H16BrN5OS. The Morgan fingerprint density at radius 1 is 1.43 bits per heavy atom. The van der Waals surface area contributed by atoms with E-state index in [4.69, 9.17) is 5.73 Å². The molecule has 3 heterocycles. The first-order valence-electron chi connectivity index (χ1n) is 6.79. The number of thiazole rings is 1. The maximum absolute atomic E-state index is 11.2. The molecule has 1 fully saturated rings. The van der Waals surface area contributed by atoms with Gasteiger partial charge in [-0.05, 0) is 28.8 Å². The number of amides is 1. The highest BCUT2D eigenvalue weighted by atomic mass is 79.9. The molecule has 0 radical (unpaired) electrons. The van der Waals surface area contributed by atoms with Crippen molar-refractivity contribution in [2.24, 2.45) is 11.7 Å². The largest absolute Gasteiger partial charge is 0.369 e. The van der Waals surface area contributed by atoms with Gasteiger partial charge in [0.05, 0.1) is 17.2 Å². The van der Waals surface area contributed by atoms with Crippen molar-refractivity contribution in [3.8, 4) is 0 Å². The second-order valence-corrected chi connectivity index (χ2v) is 7.14. The van der Waals surface area contributed by atoms with Crippen molar-refractivity contribution in [2.45, 2.75) is 19.4 Å². The summed E-state index contributed by atoms with van der Waals surface area (Å²) in [6.45, 7) is 2.41. The smallest absolute Gasteiger partial charge is 0.220 e.